The summed E-state index contributed by atoms with van der Waals surface area (Å²) in [5.41, 5.74) is 0.592. The Morgan fingerprint density at radius 2 is 2.07 bits per heavy atom. The van der Waals surface area contributed by atoms with Crippen molar-refractivity contribution < 1.29 is 18.0 Å². The van der Waals surface area contributed by atoms with E-state index < -0.39 is 18.3 Å². The number of anilines is 1. The molecule has 0 spiro atoms. The van der Waals surface area contributed by atoms with Gasteiger partial charge in [0.15, 0.2) is 6.04 Å². The Morgan fingerprint density at radius 3 is 2.76 bits per heavy atom. The molecule has 0 saturated carbocycles. The number of hydrogen-bond acceptors (Lipinski definition) is 4. The zero-order valence-electron chi connectivity index (χ0n) is 16.1. The SMILES string of the molecule is C[C@@H]1C[C@H](C(F)(F)F)n2nc([C@@H]3CCCN3C(=O)c3ccc(=O)n(C)c3)cc2N1. The number of nitrogens with one attached hydrogen (secondary N) is 1. The second-order valence-corrected chi connectivity index (χ2v) is 7.76. The third-order valence-electron chi connectivity index (χ3n) is 5.59. The summed E-state index contributed by atoms with van der Waals surface area (Å²) >= 11 is 0. The first kappa shape index (κ1) is 19.5. The molecular weight excluding hydrogens is 387 g/mol. The van der Waals surface area contributed by atoms with E-state index in [1.165, 1.54) is 22.9 Å². The molecule has 3 atom stereocenters. The van der Waals surface area contributed by atoms with E-state index in [2.05, 4.69) is 10.4 Å². The van der Waals surface area contributed by atoms with E-state index in [4.69, 9.17) is 0 Å². The van der Waals surface area contributed by atoms with Crippen molar-refractivity contribution >= 4 is 11.7 Å². The molecule has 1 N–H and O–H groups in total. The zero-order valence-corrected chi connectivity index (χ0v) is 16.1. The van der Waals surface area contributed by atoms with Crippen LogP contribution in [0.1, 0.15) is 54.3 Å². The predicted octanol–water partition coefficient (Wildman–Crippen LogP) is 2.87. The molecule has 2 aromatic rings. The van der Waals surface area contributed by atoms with Gasteiger partial charge in [0.2, 0.25) is 5.56 Å². The summed E-state index contributed by atoms with van der Waals surface area (Å²) in [6.07, 6.45) is -1.66. The van der Waals surface area contributed by atoms with E-state index >= 15 is 0 Å². The van der Waals surface area contributed by atoms with Crippen molar-refractivity contribution in [1.82, 2.24) is 19.2 Å². The van der Waals surface area contributed by atoms with Crippen LogP contribution in [0.2, 0.25) is 0 Å². The molecule has 4 rings (SSSR count). The van der Waals surface area contributed by atoms with Crippen molar-refractivity contribution in [1.29, 1.82) is 0 Å². The Bertz CT molecular complexity index is 996. The topological polar surface area (TPSA) is 72.2 Å². The highest BCUT2D eigenvalue weighted by Gasteiger charge is 2.46. The van der Waals surface area contributed by atoms with E-state index in [0.29, 0.717) is 30.0 Å². The summed E-state index contributed by atoms with van der Waals surface area (Å²) in [6, 6.07) is 2.01. The van der Waals surface area contributed by atoms with Crippen LogP contribution in [0.25, 0.3) is 0 Å². The van der Waals surface area contributed by atoms with Crippen molar-refractivity contribution in [3.8, 4) is 0 Å². The van der Waals surface area contributed by atoms with Gasteiger partial charge in [0.25, 0.3) is 5.91 Å². The molecule has 4 heterocycles. The number of aryl methyl sites for hydroxylation is 1. The third-order valence-corrected chi connectivity index (χ3v) is 5.59. The molecule has 10 heteroatoms. The molecule has 0 bridgehead atoms. The van der Waals surface area contributed by atoms with Gasteiger partial charge in [-0.1, -0.05) is 0 Å². The van der Waals surface area contributed by atoms with Gasteiger partial charge in [-0.05, 0) is 32.3 Å². The number of likely N-dealkylation sites (tertiary alicyclic amines) is 1. The van der Waals surface area contributed by atoms with Gasteiger partial charge in [-0.2, -0.15) is 18.3 Å². The first-order valence-corrected chi connectivity index (χ1v) is 9.55. The molecule has 1 amide bonds. The van der Waals surface area contributed by atoms with Gasteiger partial charge in [0.05, 0.1) is 17.3 Å². The van der Waals surface area contributed by atoms with Gasteiger partial charge in [-0.15, -0.1) is 0 Å². The van der Waals surface area contributed by atoms with E-state index in [9.17, 15) is 22.8 Å². The molecule has 2 aliphatic rings. The normalized spacial score (nSPS) is 24.3. The minimum absolute atomic E-state index is 0.0943. The number of nitrogens with zero attached hydrogens (tertiary/aromatic N) is 4. The van der Waals surface area contributed by atoms with Crippen molar-refractivity contribution in [3.63, 3.8) is 0 Å². The van der Waals surface area contributed by atoms with Crippen LogP contribution in [0.15, 0.2) is 29.2 Å². The summed E-state index contributed by atoms with van der Waals surface area (Å²) < 4.78 is 42.8. The number of alkyl halides is 3. The van der Waals surface area contributed by atoms with Gasteiger partial charge in [-0.3, -0.25) is 9.59 Å². The van der Waals surface area contributed by atoms with E-state index in [-0.39, 0.29) is 23.9 Å². The lowest BCUT2D eigenvalue weighted by molar-refractivity contribution is -0.173. The smallest absolute Gasteiger partial charge is 0.368 e. The molecule has 0 radical (unpaired) electrons. The summed E-state index contributed by atoms with van der Waals surface area (Å²) in [5.74, 6) is 0.0604. The molecule has 0 aromatic carbocycles. The minimum Gasteiger partial charge on any atom is -0.368 e. The maximum atomic E-state index is 13.5. The molecule has 1 saturated heterocycles. The van der Waals surface area contributed by atoms with Gasteiger partial charge < -0.3 is 14.8 Å². The van der Waals surface area contributed by atoms with Gasteiger partial charge in [0.1, 0.15) is 5.82 Å². The number of carbonyl (C=O) groups excluding carboxylic acids is 1. The number of carbonyl (C=O) groups is 1. The van der Waals surface area contributed by atoms with Crippen LogP contribution in [-0.4, -0.2) is 43.9 Å². The standard InChI is InChI=1S/C19H22F3N5O2/c1-11-8-15(19(20,21)22)27-16(23-11)9-13(24-27)14-4-3-7-26(14)18(29)12-5-6-17(28)25(2)10-12/h5-6,9-11,14-15,23H,3-4,7-8H2,1-2H3/t11-,14+,15-/m1/s1. The molecule has 2 aliphatic heterocycles. The molecule has 7 nitrogen and oxygen atoms in total. The summed E-state index contributed by atoms with van der Waals surface area (Å²) in [4.78, 5) is 26.2. The maximum Gasteiger partial charge on any atom is 0.410 e. The van der Waals surface area contributed by atoms with Crippen LogP contribution >= 0.6 is 0 Å². The van der Waals surface area contributed by atoms with Crippen molar-refractivity contribution in [2.24, 2.45) is 7.05 Å². The van der Waals surface area contributed by atoms with Gasteiger partial charge in [-0.25, -0.2) is 4.68 Å². The van der Waals surface area contributed by atoms with Crippen LogP contribution in [0.5, 0.6) is 0 Å². The first-order valence-electron chi connectivity index (χ1n) is 9.55. The lowest BCUT2D eigenvalue weighted by atomic mass is 10.1. The average molecular weight is 409 g/mol. The van der Waals surface area contributed by atoms with Crippen LogP contribution < -0.4 is 10.9 Å². The minimum atomic E-state index is -4.39. The summed E-state index contributed by atoms with van der Waals surface area (Å²) in [7, 11) is 1.56. The largest absolute Gasteiger partial charge is 0.410 e. The Hall–Kier alpha value is -2.78. The molecular formula is C19H22F3N5O2. The number of fused-ring (bicyclic) bond motifs is 1. The van der Waals surface area contributed by atoms with Crippen molar-refractivity contribution in [3.05, 3.63) is 46.0 Å². The highest BCUT2D eigenvalue weighted by atomic mass is 19.4. The molecule has 0 aliphatic carbocycles. The number of halogens is 3. The molecule has 156 valence electrons. The van der Waals surface area contributed by atoms with Crippen LogP contribution in [0, 0.1) is 0 Å². The average Bonchev–Trinajstić information content (AvgIpc) is 3.28. The van der Waals surface area contributed by atoms with Crippen LogP contribution in [0.3, 0.4) is 0 Å². The second kappa shape index (κ2) is 6.93. The number of aromatic nitrogens is 3. The highest BCUT2D eigenvalue weighted by molar-refractivity contribution is 5.94. The maximum absolute atomic E-state index is 13.5. The third kappa shape index (κ3) is 3.51. The Labute approximate surface area is 165 Å². The Balaban J connectivity index is 1.65. The summed E-state index contributed by atoms with van der Waals surface area (Å²) in [6.45, 7) is 2.20. The van der Waals surface area contributed by atoms with E-state index in [0.717, 1.165) is 11.1 Å². The molecule has 2 aromatic heterocycles. The van der Waals surface area contributed by atoms with Crippen molar-refractivity contribution in [2.45, 2.75) is 50.5 Å². The number of rotatable bonds is 2. The van der Waals surface area contributed by atoms with Crippen LogP contribution in [-0.2, 0) is 7.05 Å². The van der Waals surface area contributed by atoms with Crippen molar-refractivity contribution in [2.75, 3.05) is 11.9 Å². The van der Waals surface area contributed by atoms with Gasteiger partial charge >= 0.3 is 6.18 Å². The highest BCUT2D eigenvalue weighted by Crippen LogP contribution is 2.41. The lowest BCUT2D eigenvalue weighted by Gasteiger charge is -2.31. The lowest BCUT2D eigenvalue weighted by Crippen LogP contribution is -2.38. The first-order chi connectivity index (χ1) is 13.6. The number of amides is 1. The Morgan fingerprint density at radius 1 is 1.31 bits per heavy atom. The van der Waals surface area contributed by atoms with E-state index in [1.54, 1.807) is 24.9 Å². The fourth-order valence-electron chi connectivity index (χ4n) is 4.14. The fraction of sp³-hybridized carbons (Fsp3) is 0.526. The van der Waals surface area contributed by atoms with Gasteiger partial charge in [0, 0.05) is 38.0 Å². The molecule has 1 fully saturated rings. The quantitative estimate of drug-likeness (QED) is 0.828. The molecule has 29 heavy (non-hydrogen) atoms. The predicted molar refractivity (Wildman–Crippen MR) is 99.7 cm³/mol. The number of pyridine rings is 1. The second-order valence-electron chi connectivity index (χ2n) is 7.76. The van der Waals surface area contributed by atoms with E-state index in [1.807, 2.05) is 0 Å². The zero-order chi connectivity index (χ0) is 20.9. The Kier molecular flexibility index (Phi) is 4.66. The molecule has 0 unspecified atom stereocenters. The fourth-order valence-corrected chi connectivity index (χ4v) is 4.14. The van der Waals surface area contributed by atoms with Crippen LogP contribution in [0.4, 0.5) is 19.0 Å². The monoisotopic (exact) mass is 409 g/mol. The summed E-state index contributed by atoms with van der Waals surface area (Å²) in [5, 5.41) is 7.31. The number of hydrogen-bond donors (Lipinski definition) is 1.